The summed E-state index contributed by atoms with van der Waals surface area (Å²) in [7, 11) is 0. The molecule has 0 bridgehead atoms. The Morgan fingerprint density at radius 3 is 2.67 bits per heavy atom. The molecule has 21 heavy (non-hydrogen) atoms. The number of fused-ring (bicyclic) bond motifs is 1. The minimum absolute atomic E-state index is 0.303. The van der Waals surface area contributed by atoms with Gasteiger partial charge in [0.05, 0.1) is 0 Å². The van der Waals surface area contributed by atoms with E-state index in [4.69, 9.17) is 0 Å². The van der Waals surface area contributed by atoms with Gasteiger partial charge in [-0.2, -0.15) is 0 Å². The first-order chi connectivity index (χ1) is 10.2. The Bertz CT molecular complexity index is 502. The predicted octanol–water partition coefficient (Wildman–Crippen LogP) is 3.96. The third-order valence-corrected chi connectivity index (χ3v) is 5.97. The van der Waals surface area contributed by atoms with Crippen LogP contribution in [-0.4, -0.2) is 18.6 Å². The lowest BCUT2D eigenvalue weighted by atomic mass is 9.94. The molecule has 114 valence electrons. The zero-order valence-corrected chi connectivity index (χ0v) is 13.3. The first kappa shape index (κ1) is 13.6. The van der Waals surface area contributed by atoms with Crippen molar-refractivity contribution in [1.29, 1.82) is 0 Å². The van der Waals surface area contributed by atoms with Crippen molar-refractivity contribution in [2.24, 2.45) is 11.8 Å². The van der Waals surface area contributed by atoms with Gasteiger partial charge < -0.3 is 10.2 Å². The van der Waals surface area contributed by atoms with Gasteiger partial charge in [-0.1, -0.05) is 31.0 Å². The van der Waals surface area contributed by atoms with Crippen molar-refractivity contribution in [1.82, 2.24) is 5.32 Å². The summed E-state index contributed by atoms with van der Waals surface area (Å²) in [4.78, 5) is 2.71. The number of hydrogen-bond acceptors (Lipinski definition) is 2. The van der Waals surface area contributed by atoms with Gasteiger partial charge in [0.15, 0.2) is 0 Å². The highest BCUT2D eigenvalue weighted by Crippen LogP contribution is 2.42. The summed E-state index contributed by atoms with van der Waals surface area (Å²) in [5.74, 6) is 1.80. The topological polar surface area (TPSA) is 15.3 Å². The molecule has 2 fully saturated rings. The van der Waals surface area contributed by atoms with Gasteiger partial charge in [-0.15, -0.1) is 0 Å². The second-order valence-corrected chi connectivity index (χ2v) is 7.71. The molecule has 1 atom stereocenters. The molecule has 2 heteroatoms. The van der Waals surface area contributed by atoms with E-state index in [2.05, 4.69) is 41.4 Å². The van der Waals surface area contributed by atoms with Crippen LogP contribution in [-0.2, 0) is 6.54 Å². The van der Waals surface area contributed by atoms with Gasteiger partial charge in [0.25, 0.3) is 0 Å². The Hall–Kier alpha value is -1.02. The number of para-hydroxylation sites is 1. The Labute approximate surface area is 128 Å². The van der Waals surface area contributed by atoms with E-state index in [-0.39, 0.29) is 0 Å². The summed E-state index contributed by atoms with van der Waals surface area (Å²) in [6, 6.07) is 9.04. The van der Waals surface area contributed by atoms with E-state index < -0.39 is 0 Å². The minimum Gasteiger partial charge on any atom is -0.369 e. The third-order valence-electron chi connectivity index (χ3n) is 5.97. The molecule has 2 aliphatic carbocycles. The molecule has 0 saturated heterocycles. The van der Waals surface area contributed by atoms with E-state index in [0.717, 1.165) is 18.4 Å². The van der Waals surface area contributed by atoms with Crippen molar-refractivity contribution < 1.29 is 0 Å². The first-order valence-corrected chi connectivity index (χ1v) is 8.82. The molecule has 1 unspecified atom stereocenters. The molecule has 0 aromatic heterocycles. The van der Waals surface area contributed by atoms with Crippen LogP contribution in [0.4, 0.5) is 5.69 Å². The van der Waals surface area contributed by atoms with Crippen LogP contribution in [0.15, 0.2) is 24.3 Å². The summed E-state index contributed by atoms with van der Waals surface area (Å²) in [6.45, 7) is 5.94. The molecule has 1 aromatic rings. The molecule has 0 radical (unpaired) electrons. The average molecular weight is 284 g/mol. The highest BCUT2D eigenvalue weighted by Gasteiger charge is 2.43. The van der Waals surface area contributed by atoms with Crippen molar-refractivity contribution in [3.8, 4) is 0 Å². The number of nitrogens with one attached hydrogen (secondary N) is 1. The zero-order valence-electron chi connectivity index (χ0n) is 13.3. The fourth-order valence-corrected chi connectivity index (χ4v) is 4.46. The molecule has 0 amide bonds. The molecule has 0 spiro atoms. The highest BCUT2D eigenvalue weighted by molar-refractivity contribution is 5.55. The van der Waals surface area contributed by atoms with E-state index in [0.29, 0.717) is 5.54 Å². The maximum absolute atomic E-state index is 3.89. The van der Waals surface area contributed by atoms with Gasteiger partial charge >= 0.3 is 0 Å². The number of anilines is 1. The Morgan fingerprint density at radius 1 is 1.14 bits per heavy atom. The number of nitrogens with zero attached hydrogens (tertiary/aromatic N) is 1. The molecule has 1 heterocycles. The van der Waals surface area contributed by atoms with Crippen molar-refractivity contribution in [2.75, 3.05) is 18.0 Å². The normalized spacial score (nSPS) is 30.2. The van der Waals surface area contributed by atoms with Crippen LogP contribution in [0.25, 0.3) is 0 Å². The molecule has 3 aliphatic rings. The quantitative estimate of drug-likeness (QED) is 0.904. The van der Waals surface area contributed by atoms with Gasteiger partial charge in [-0.05, 0) is 56.1 Å². The molecule has 1 aromatic carbocycles. The first-order valence-electron chi connectivity index (χ1n) is 8.82. The van der Waals surface area contributed by atoms with E-state index in [9.17, 15) is 0 Å². The predicted molar refractivity (Wildman–Crippen MR) is 88.6 cm³/mol. The fraction of sp³-hybridized carbons (Fsp3) is 0.684. The Kier molecular flexibility index (Phi) is 3.45. The smallest absolute Gasteiger partial charge is 0.0412 e. The Balaban J connectivity index is 1.62. The maximum atomic E-state index is 3.89. The molecule has 2 nitrogen and oxygen atoms in total. The van der Waals surface area contributed by atoms with E-state index in [1.165, 1.54) is 62.9 Å². The van der Waals surface area contributed by atoms with E-state index in [1.54, 1.807) is 0 Å². The van der Waals surface area contributed by atoms with Crippen LogP contribution >= 0.6 is 0 Å². The molecule has 2 saturated carbocycles. The second kappa shape index (κ2) is 5.31. The van der Waals surface area contributed by atoms with Crippen molar-refractivity contribution >= 4 is 5.69 Å². The number of benzene rings is 1. The van der Waals surface area contributed by atoms with Crippen molar-refractivity contribution in [3.05, 3.63) is 29.8 Å². The fourth-order valence-electron chi connectivity index (χ4n) is 4.46. The lowest BCUT2D eigenvalue weighted by Crippen LogP contribution is -2.51. The minimum atomic E-state index is 0.303. The van der Waals surface area contributed by atoms with Crippen molar-refractivity contribution in [3.63, 3.8) is 0 Å². The molecular formula is C19H28N2. The molecule has 4 rings (SSSR count). The van der Waals surface area contributed by atoms with Crippen LogP contribution in [0.1, 0.15) is 51.0 Å². The standard InChI is InChI=1S/C19H28N2/c1-19(17-10-11-17)14-21(13-15-6-2-3-7-15)18-9-5-4-8-16(18)12-20-19/h4-5,8-9,15,17,20H,2-3,6-7,10-14H2,1H3. The molecule has 1 N–H and O–H groups in total. The van der Waals surface area contributed by atoms with Gasteiger partial charge in [-0.25, -0.2) is 0 Å². The summed E-state index contributed by atoms with van der Waals surface area (Å²) < 4.78 is 0. The van der Waals surface area contributed by atoms with E-state index >= 15 is 0 Å². The lowest BCUT2D eigenvalue weighted by molar-refractivity contribution is 0.312. The highest BCUT2D eigenvalue weighted by atomic mass is 15.2. The van der Waals surface area contributed by atoms with Gasteiger partial charge in [0.1, 0.15) is 0 Å². The summed E-state index contributed by atoms with van der Waals surface area (Å²) in [5.41, 5.74) is 3.28. The zero-order chi connectivity index (χ0) is 14.3. The Morgan fingerprint density at radius 2 is 1.90 bits per heavy atom. The number of rotatable bonds is 3. The second-order valence-electron chi connectivity index (χ2n) is 7.71. The maximum Gasteiger partial charge on any atom is 0.0412 e. The van der Waals surface area contributed by atoms with Crippen LogP contribution in [0.2, 0.25) is 0 Å². The molecular weight excluding hydrogens is 256 g/mol. The summed E-state index contributed by atoms with van der Waals surface area (Å²) in [6.07, 6.45) is 8.59. The van der Waals surface area contributed by atoms with Gasteiger partial charge in [0.2, 0.25) is 0 Å². The van der Waals surface area contributed by atoms with Crippen LogP contribution in [0.5, 0.6) is 0 Å². The molecule has 1 aliphatic heterocycles. The summed E-state index contributed by atoms with van der Waals surface area (Å²) in [5, 5.41) is 3.89. The monoisotopic (exact) mass is 284 g/mol. The van der Waals surface area contributed by atoms with Crippen LogP contribution < -0.4 is 10.2 Å². The summed E-state index contributed by atoms with van der Waals surface area (Å²) >= 11 is 0. The van der Waals surface area contributed by atoms with Gasteiger partial charge in [0, 0.05) is 30.9 Å². The average Bonchev–Trinajstić information content (AvgIpc) is 3.26. The van der Waals surface area contributed by atoms with Crippen molar-refractivity contribution in [2.45, 2.75) is 57.5 Å². The van der Waals surface area contributed by atoms with Crippen LogP contribution in [0, 0.1) is 11.8 Å². The van der Waals surface area contributed by atoms with E-state index in [1.807, 2.05) is 0 Å². The van der Waals surface area contributed by atoms with Gasteiger partial charge in [-0.3, -0.25) is 0 Å². The largest absolute Gasteiger partial charge is 0.369 e. The third kappa shape index (κ3) is 2.70. The number of hydrogen-bond donors (Lipinski definition) is 1. The van der Waals surface area contributed by atoms with Crippen LogP contribution in [0.3, 0.4) is 0 Å². The SMILES string of the molecule is CC1(C2CC2)CN(CC2CCCC2)c2ccccc2CN1. The lowest BCUT2D eigenvalue weighted by Gasteiger charge is -2.36.